The fraction of sp³-hybridized carbons (Fsp3) is 0.435. The molecule has 6 nitrogen and oxygen atoms in total. The van der Waals surface area contributed by atoms with Gasteiger partial charge >= 0.3 is 0 Å². The Morgan fingerprint density at radius 1 is 1.10 bits per heavy atom. The lowest BCUT2D eigenvalue weighted by Gasteiger charge is -2.26. The van der Waals surface area contributed by atoms with Crippen molar-refractivity contribution >= 4 is 17.5 Å². The molecule has 2 aliphatic rings. The zero-order valence-electron chi connectivity index (χ0n) is 17.0. The minimum absolute atomic E-state index is 0.0589. The Labute approximate surface area is 172 Å². The summed E-state index contributed by atoms with van der Waals surface area (Å²) < 4.78 is 0. The number of hydrogen-bond donors (Lipinski definition) is 0. The van der Waals surface area contributed by atoms with Crippen LogP contribution in [0, 0.1) is 12.8 Å². The topological polar surface area (TPSA) is 56.8 Å². The molecule has 0 N–H and O–H groups in total. The average Bonchev–Trinajstić information content (AvgIpc) is 2.94. The van der Waals surface area contributed by atoms with Gasteiger partial charge in [0.15, 0.2) is 0 Å². The van der Waals surface area contributed by atoms with Crippen LogP contribution in [0.15, 0.2) is 48.8 Å². The molecule has 0 unspecified atom stereocenters. The van der Waals surface area contributed by atoms with Crippen LogP contribution in [0.3, 0.4) is 0 Å². The molecule has 29 heavy (non-hydrogen) atoms. The van der Waals surface area contributed by atoms with Crippen LogP contribution in [-0.2, 0) is 16.1 Å². The van der Waals surface area contributed by atoms with Crippen molar-refractivity contribution in [3.8, 4) is 0 Å². The highest BCUT2D eigenvalue weighted by Gasteiger charge is 2.36. The molecule has 0 radical (unpaired) electrons. The molecular weight excluding hydrogens is 364 g/mol. The number of benzene rings is 1. The van der Waals surface area contributed by atoms with Crippen molar-refractivity contribution in [1.29, 1.82) is 0 Å². The minimum Gasteiger partial charge on any atom is -0.369 e. The molecule has 2 fully saturated rings. The molecular formula is C23H28N4O2. The Bertz CT molecular complexity index is 870. The zero-order chi connectivity index (χ0) is 20.2. The number of aromatic nitrogens is 1. The molecule has 2 aromatic rings. The van der Waals surface area contributed by atoms with Crippen LogP contribution >= 0.6 is 0 Å². The summed E-state index contributed by atoms with van der Waals surface area (Å²) >= 11 is 0. The first kappa shape index (κ1) is 19.4. The monoisotopic (exact) mass is 392 g/mol. The molecule has 4 rings (SSSR count). The SMILES string of the molecule is Cc1ccccc1N1CCCN(C(=O)[C@@H]2CC(=O)N(Cc3cccnc3)C2)CC1. The number of aryl methyl sites for hydroxylation is 1. The van der Waals surface area contributed by atoms with E-state index in [0.29, 0.717) is 26.1 Å². The number of hydrogen-bond acceptors (Lipinski definition) is 4. The normalized spacial score (nSPS) is 20.1. The summed E-state index contributed by atoms with van der Waals surface area (Å²) in [5.41, 5.74) is 3.51. The molecule has 0 aliphatic carbocycles. The van der Waals surface area contributed by atoms with Gasteiger partial charge < -0.3 is 14.7 Å². The van der Waals surface area contributed by atoms with Gasteiger partial charge in [0.25, 0.3) is 0 Å². The summed E-state index contributed by atoms with van der Waals surface area (Å²) in [5, 5.41) is 0. The highest BCUT2D eigenvalue weighted by atomic mass is 16.2. The van der Waals surface area contributed by atoms with Crippen LogP contribution in [0.5, 0.6) is 0 Å². The summed E-state index contributed by atoms with van der Waals surface area (Å²) in [6, 6.07) is 12.2. The van der Waals surface area contributed by atoms with Gasteiger partial charge in [-0.25, -0.2) is 0 Å². The summed E-state index contributed by atoms with van der Waals surface area (Å²) in [7, 11) is 0. The Hall–Kier alpha value is -2.89. The van der Waals surface area contributed by atoms with Crippen LogP contribution in [-0.4, -0.2) is 59.3 Å². The number of nitrogens with zero attached hydrogens (tertiary/aromatic N) is 4. The molecule has 3 heterocycles. The molecule has 2 amide bonds. The third-order valence-electron chi connectivity index (χ3n) is 5.92. The largest absolute Gasteiger partial charge is 0.369 e. The number of anilines is 1. The molecule has 152 valence electrons. The Morgan fingerprint density at radius 3 is 2.76 bits per heavy atom. The Kier molecular flexibility index (Phi) is 5.79. The first-order chi connectivity index (χ1) is 14.1. The molecule has 2 saturated heterocycles. The summed E-state index contributed by atoms with van der Waals surface area (Å²) in [5.74, 6) is -0.0496. The lowest BCUT2D eigenvalue weighted by Crippen LogP contribution is -2.40. The van der Waals surface area contributed by atoms with Crippen molar-refractivity contribution < 1.29 is 9.59 Å². The molecule has 6 heteroatoms. The first-order valence-corrected chi connectivity index (χ1v) is 10.4. The van der Waals surface area contributed by atoms with Crippen molar-refractivity contribution in [2.75, 3.05) is 37.6 Å². The summed E-state index contributed by atoms with van der Waals surface area (Å²) in [4.78, 5) is 35.8. The number of rotatable bonds is 4. The Balaban J connectivity index is 1.36. The quantitative estimate of drug-likeness (QED) is 0.802. The van der Waals surface area contributed by atoms with Crippen LogP contribution in [0.1, 0.15) is 24.0 Å². The highest BCUT2D eigenvalue weighted by Crippen LogP contribution is 2.24. The van der Waals surface area contributed by atoms with Gasteiger partial charge in [0.2, 0.25) is 11.8 Å². The lowest BCUT2D eigenvalue weighted by molar-refractivity contribution is -0.135. The predicted molar refractivity (Wildman–Crippen MR) is 112 cm³/mol. The maximum atomic E-state index is 13.1. The van der Waals surface area contributed by atoms with Gasteiger partial charge in [0.05, 0.1) is 5.92 Å². The van der Waals surface area contributed by atoms with Crippen LogP contribution in [0.4, 0.5) is 5.69 Å². The number of carbonyl (C=O) groups excluding carboxylic acids is 2. The van der Waals surface area contributed by atoms with E-state index in [0.717, 1.165) is 31.6 Å². The maximum absolute atomic E-state index is 13.1. The Morgan fingerprint density at radius 2 is 1.97 bits per heavy atom. The van der Waals surface area contributed by atoms with Gasteiger partial charge in [-0.2, -0.15) is 0 Å². The van der Waals surface area contributed by atoms with Gasteiger partial charge in [0.1, 0.15) is 0 Å². The van der Waals surface area contributed by atoms with Gasteiger partial charge in [-0.15, -0.1) is 0 Å². The smallest absolute Gasteiger partial charge is 0.228 e. The van der Waals surface area contributed by atoms with E-state index in [4.69, 9.17) is 0 Å². The fourth-order valence-electron chi connectivity index (χ4n) is 4.36. The van der Waals surface area contributed by atoms with Gasteiger partial charge in [-0.1, -0.05) is 24.3 Å². The van der Waals surface area contributed by atoms with Gasteiger partial charge in [-0.3, -0.25) is 14.6 Å². The third kappa shape index (κ3) is 4.42. The zero-order valence-corrected chi connectivity index (χ0v) is 17.0. The number of carbonyl (C=O) groups is 2. The predicted octanol–water partition coefficient (Wildman–Crippen LogP) is 2.48. The molecule has 0 saturated carbocycles. The van der Waals surface area contributed by atoms with Crippen molar-refractivity contribution in [2.24, 2.45) is 5.92 Å². The van der Waals surface area contributed by atoms with Crippen molar-refractivity contribution in [3.63, 3.8) is 0 Å². The number of pyridine rings is 1. The van der Waals surface area contributed by atoms with E-state index in [-0.39, 0.29) is 17.7 Å². The molecule has 1 atom stereocenters. The lowest BCUT2D eigenvalue weighted by atomic mass is 10.1. The van der Waals surface area contributed by atoms with E-state index < -0.39 is 0 Å². The number of para-hydroxylation sites is 1. The third-order valence-corrected chi connectivity index (χ3v) is 5.92. The molecule has 1 aromatic carbocycles. The van der Waals surface area contributed by atoms with Crippen molar-refractivity contribution in [3.05, 3.63) is 59.9 Å². The van der Waals surface area contributed by atoms with E-state index in [1.165, 1.54) is 11.3 Å². The standard InChI is InChI=1S/C23H28N4O2/c1-18-6-2-3-8-21(18)25-10-5-11-26(13-12-25)23(29)20-14-22(28)27(17-20)16-19-7-4-9-24-15-19/h2-4,6-9,15,20H,5,10-14,16-17H2,1H3/t20-/m1/s1. The summed E-state index contributed by atoms with van der Waals surface area (Å²) in [6.07, 6.45) is 4.76. The molecule has 1 aromatic heterocycles. The number of likely N-dealkylation sites (tertiary alicyclic amines) is 1. The second-order valence-electron chi connectivity index (χ2n) is 7.99. The van der Waals surface area contributed by atoms with Crippen molar-refractivity contribution in [1.82, 2.24) is 14.8 Å². The molecule has 0 spiro atoms. The van der Waals surface area contributed by atoms with E-state index in [1.54, 1.807) is 17.3 Å². The van der Waals surface area contributed by atoms with Crippen LogP contribution in [0.25, 0.3) is 0 Å². The minimum atomic E-state index is -0.232. The van der Waals surface area contributed by atoms with E-state index >= 15 is 0 Å². The molecule has 2 aliphatic heterocycles. The van der Waals surface area contributed by atoms with Gasteiger partial charge in [-0.05, 0) is 36.6 Å². The first-order valence-electron chi connectivity index (χ1n) is 10.4. The van der Waals surface area contributed by atoms with Gasteiger partial charge in [0, 0.05) is 63.8 Å². The van der Waals surface area contributed by atoms with Crippen LogP contribution < -0.4 is 4.90 Å². The van der Waals surface area contributed by atoms with E-state index in [1.807, 2.05) is 17.0 Å². The fourth-order valence-corrected chi connectivity index (χ4v) is 4.36. The molecule has 0 bridgehead atoms. The maximum Gasteiger partial charge on any atom is 0.228 e. The van der Waals surface area contributed by atoms with Crippen LogP contribution in [0.2, 0.25) is 0 Å². The average molecular weight is 393 g/mol. The number of amides is 2. The van der Waals surface area contributed by atoms with E-state index in [2.05, 4.69) is 41.1 Å². The van der Waals surface area contributed by atoms with E-state index in [9.17, 15) is 9.59 Å². The second-order valence-corrected chi connectivity index (χ2v) is 7.99. The second kappa shape index (κ2) is 8.64. The van der Waals surface area contributed by atoms with Crippen molar-refractivity contribution in [2.45, 2.75) is 26.3 Å². The summed E-state index contributed by atoms with van der Waals surface area (Å²) in [6.45, 7) is 6.41. The highest BCUT2D eigenvalue weighted by molar-refractivity contribution is 5.89.